The zero-order valence-corrected chi connectivity index (χ0v) is 9.79. The lowest BCUT2D eigenvalue weighted by atomic mass is 10.1. The predicted octanol–water partition coefficient (Wildman–Crippen LogP) is 3.59. The molecule has 0 spiro atoms. The quantitative estimate of drug-likeness (QED) is 0.619. The molecule has 14 heavy (non-hydrogen) atoms. The van der Waals surface area contributed by atoms with E-state index in [1.54, 1.807) is 0 Å². The molecule has 0 atom stereocenters. The zero-order chi connectivity index (χ0) is 10.4. The van der Waals surface area contributed by atoms with E-state index in [1.807, 2.05) is 0 Å². The van der Waals surface area contributed by atoms with Gasteiger partial charge in [0.25, 0.3) is 0 Å². The molecule has 1 aliphatic rings. The van der Waals surface area contributed by atoms with Crippen LogP contribution in [0.5, 0.6) is 0 Å². The van der Waals surface area contributed by atoms with Gasteiger partial charge in [0.15, 0.2) is 0 Å². The highest BCUT2D eigenvalue weighted by Crippen LogP contribution is 2.16. The van der Waals surface area contributed by atoms with Crippen molar-refractivity contribution < 1.29 is 0 Å². The van der Waals surface area contributed by atoms with Crippen LogP contribution in [0.3, 0.4) is 0 Å². The number of nitrogens with zero attached hydrogens (tertiary/aromatic N) is 1. The SMILES string of the molecule is C/C=C(\C=C/C(C)C)N1CCCCC1. The van der Waals surface area contributed by atoms with Crippen molar-refractivity contribution in [3.8, 4) is 0 Å². The summed E-state index contributed by atoms with van der Waals surface area (Å²) in [5, 5.41) is 0. The van der Waals surface area contributed by atoms with Crippen LogP contribution in [0.4, 0.5) is 0 Å². The summed E-state index contributed by atoms with van der Waals surface area (Å²) in [5.41, 5.74) is 1.40. The lowest BCUT2D eigenvalue weighted by molar-refractivity contribution is 0.292. The molecule has 0 radical (unpaired) electrons. The van der Waals surface area contributed by atoms with Gasteiger partial charge in [-0.2, -0.15) is 0 Å². The summed E-state index contributed by atoms with van der Waals surface area (Å²) >= 11 is 0. The number of allylic oxidation sites excluding steroid dienone is 3. The van der Waals surface area contributed by atoms with E-state index < -0.39 is 0 Å². The second kappa shape index (κ2) is 5.90. The summed E-state index contributed by atoms with van der Waals surface area (Å²) in [5.74, 6) is 0.648. The predicted molar refractivity (Wildman–Crippen MR) is 63.2 cm³/mol. The smallest absolute Gasteiger partial charge is 0.0319 e. The molecule has 1 rings (SSSR count). The van der Waals surface area contributed by atoms with Gasteiger partial charge in [0, 0.05) is 18.8 Å². The summed E-state index contributed by atoms with van der Waals surface area (Å²) in [4.78, 5) is 2.50. The van der Waals surface area contributed by atoms with Crippen LogP contribution in [-0.4, -0.2) is 18.0 Å². The Hall–Kier alpha value is -0.720. The van der Waals surface area contributed by atoms with E-state index in [-0.39, 0.29) is 0 Å². The molecular formula is C13H23N. The van der Waals surface area contributed by atoms with Crippen LogP contribution in [0, 0.1) is 5.92 Å². The molecule has 1 aliphatic heterocycles. The van der Waals surface area contributed by atoms with E-state index in [9.17, 15) is 0 Å². The van der Waals surface area contributed by atoms with Crippen LogP contribution in [0.2, 0.25) is 0 Å². The first-order valence-electron chi connectivity index (χ1n) is 5.83. The van der Waals surface area contributed by atoms with Crippen molar-refractivity contribution in [2.75, 3.05) is 13.1 Å². The Morgan fingerprint density at radius 1 is 1.14 bits per heavy atom. The van der Waals surface area contributed by atoms with Gasteiger partial charge < -0.3 is 4.90 Å². The third-order valence-electron chi connectivity index (χ3n) is 2.67. The topological polar surface area (TPSA) is 3.24 Å². The Morgan fingerprint density at radius 2 is 1.79 bits per heavy atom. The van der Waals surface area contributed by atoms with E-state index in [0.717, 1.165) is 0 Å². The molecule has 1 fully saturated rings. The Labute approximate surface area is 88.5 Å². The van der Waals surface area contributed by atoms with Crippen molar-refractivity contribution in [1.82, 2.24) is 4.90 Å². The average molecular weight is 193 g/mol. The third-order valence-corrected chi connectivity index (χ3v) is 2.67. The monoisotopic (exact) mass is 193 g/mol. The van der Waals surface area contributed by atoms with Gasteiger partial charge in [-0.1, -0.05) is 26.0 Å². The van der Waals surface area contributed by atoms with Gasteiger partial charge >= 0.3 is 0 Å². The minimum absolute atomic E-state index is 0.648. The Morgan fingerprint density at radius 3 is 2.29 bits per heavy atom. The number of hydrogen-bond acceptors (Lipinski definition) is 1. The van der Waals surface area contributed by atoms with Gasteiger partial charge in [-0.05, 0) is 38.2 Å². The highest BCUT2D eigenvalue weighted by atomic mass is 15.1. The van der Waals surface area contributed by atoms with E-state index in [2.05, 4.69) is 43.9 Å². The van der Waals surface area contributed by atoms with Crippen molar-refractivity contribution in [3.05, 3.63) is 23.9 Å². The van der Waals surface area contributed by atoms with Gasteiger partial charge in [-0.25, -0.2) is 0 Å². The van der Waals surface area contributed by atoms with Gasteiger partial charge in [-0.15, -0.1) is 0 Å². The largest absolute Gasteiger partial charge is 0.372 e. The molecule has 0 aromatic rings. The van der Waals surface area contributed by atoms with E-state index in [1.165, 1.54) is 38.0 Å². The van der Waals surface area contributed by atoms with Crippen molar-refractivity contribution in [3.63, 3.8) is 0 Å². The van der Waals surface area contributed by atoms with Crippen molar-refractivity contribution in [2.45, 2.75) is 40.0 Å². The van der Waals surface area contributed by atoms with Crippen LogP contribution in [0.15, 0.2) is 23.9 Å². The summed E-state index contributed by atoms with van der Waals surface area (Å²) in [6.07, 6.45) is 10.9. The fourth-order valence-electron chi connectivity index (χ4n) is 1.83. The molecule has 0 N–H and O–H groups in total. The summed E-state index contributed by atoms with van der Waals surface area (Å²) in [6.45, 7) is 9.05. The first kappa shape index (κ1) is 11.4. The highest BCUT2D eigenvalue weighted by Gasteiger charge is 2.10. The lowest BCUT2D eigenvalue weighted by Gasteiger charge is -2.29. The maximum absolute atomic E-state index is 2.50. The van der Waals surface area contributed by atoms with Gasteiger partial charge in [0.2, 0.25) is 0 Å². The number of hydrogen-bond donors (Lipinski definition) is 0. The second-order valence-electron chi connectivity index (χ2n) is 4.36. The molecule has 0 aromatic heterocycles. The molecule has 1 saturated heterocycles. The van der Waals surface area contributed by atoms with Crippen LogP contribution in [0.25, 0.3) is 0 Å². The molecule has 0 bridgehead atoms. The summed E-state index contributed by atoms with van der Waals surface area (Å²) in [6, 6.07) is 0. The Balaban J connectivity index is 2.53. The van der Waals surface area contributed by atoms with E-state index >= 15 is 0 Å². The Kier molecular flexibility index (Phi) is 4.78. The second-order valence-corrected chi connectivity index (χ2v) is 4.36. The van der Waals surface area contributed by atoms with Crippen molar-refractivity contribution >= 4 is 0 Å². The van der Waals surface area contributed by atoms with Crippen molar-refractivity contribution in [1.29, 1.82) is 0 Å². The summed E-state index contributed by atoms with van der Waals surface area (Å²) < 4.78 is 0. The summed E-state index contributed by atoms with van der Waals surface area (Å²) in [7, 11) is 0. The molecule has 0 saturated carbocycles. The third kappa shape index (κ3) is 3.57. The van der Waals surface area contributed by atoms with Crippen LogP contribution < -0.4 is 0 Å². The fraction of sp³-hybridized carbons (Fsp3) is 0.692. The minimum Gasteiger partial charge on any atom is -0.372 e. The normalized spacial score (nSPS) is 19.7. The molecule has 0 unspecified atom stereocenters. The maximum atomic E-state index is 2.50. The number of piperidine rings is 1. The standard InChI is InChI=1S/C13H23N/c1-4-13(9-8-12(2)3)14-10-6-5-7-11-14/h4,8-9,12H,5-7,10-11H2,1-3H3/b9-8-,13-4+. The molecule has 0 aliphatic carbocycles. The fourth-order valence-corrected chi connectivity index (χ4v) is 1.83. The molecule has 0 aromatic carbocycles. The van der Waals surface area contributed by atoms with Crippen LogP contribution >= 0.6 is 0 Å². The highest BCUT2D eigenvalue weighted by molar-refractivity contribution is 5.17. The molecule has 80 valence electrons. The van der Waals surface area contributed by atoms with Gasteiger partial charge in [0.05, 0.1) is 0 Å². The van der Waals surface area contributed by atoms with E-state index in [0.29, 0.717) is 5.92 Å². The number of likely N-dealkylation sites (tertiary alicyclic amines) is 1. The molecule has 1 heterocycles. The Bertz CT molecular complexity index is 207. The van der Waals surface area contributed by atoms with Gasteiger partial charge in [-0.3, -0.25) is 0 Å². The number of rotatable bonds is 3. The zero-order valence-electron chi connectivity index (χ0n) is 9.79. The molecule has 0 amide bonds. The minimum atomic E-state index is 0.648. The lowest BCUT2D eigenvalue weighted by Crippen LogP contribution is -2.28. The van der Waals surface area contributed by atoms with Crippen molar-refractivity contribution in [2.24, 2.45) is 5.92 Å². The maximum Gasteiger partial charge on any atom is 0.0319 e. The van der Waals surface area contributed by atoms with Gasteiger partial charge in [0.1, 0.15) is 0 Å². The van der Waals surface area contributed by atoms with Crippen LogP contribution in [-0.2, 0) is 0 Å². The average Bonchev–Trinajstić information content (AvgIpc) is 2.20. The van der Waals surface area contributed by atoms with E-state index in [4.69, 9.17) is 0 Å². The molecule has 1 heteroatoms. The first-order chi connectivity index (χ1) is 6.74. The van der Waals surface area contributed by atoms with Crippen LogP contribution in [0.1, 0.15) is 40.0 Å². The molecular weight excluding hydrogens is 170 g/mol. The molecule has 1 nitrogen and oxygen atoms in total. The first-order valence-corrected chi connectivity index (χ1v) is 5.83.